The molecule has 1 heterocycles. The monoisotopic (exact) mass is 245 g/mol. The highest BCUT2D eigenvalue weighted by molar-refractivity contribution is 5.50. The Morgan fingerprint density at radius 2 is 1.83 bits per heavy atom. The zero-order valence-corrected chi connectivity index (χ0v) is 11.2. The van der Waals surface area contributed by atoms with Crippen LogP contribution in [0.1, 0.15) is 36.8 Å². The van der Waals surface area contributed by atoms with E-state index in [2.05, 4.69) is 22.9 Å². The van der Waals surface area contributed by atoms with Crippen molar-refractivity contribution in [2.45, 2.75) is 39.2 Å². The predicted molar refractivity (Wildman–Crippen MR) is 74.5 cm³/mol. The molecule has 2 aliphatic carbocycles. The van der Waals surface area contributed by atoms with Gasteiger partial charge in [-0.3, -0.25) is 0 Å². The van der Waals surface area contributed by atoms with Crippen molar-refractivity contribution in [3.05, 3.63) is 23.4 Å². The summed E-state index contributed by atoms with van der Waals surface area (Å²) >= 11 is 0. The molecule has 2 aliphatic rings. The van der Waals surface area contributed by atoms with E-state index in [1.54, 1.807) is 0 Å². The van der Waals surface area contributed by atoms with Crippen molar-refractivity contribution in [1.82, 2.24) is 4.98 Å². The number of aryl methyl sites for hydroxylation is 1. The molecule has 0 unspecified atom stereocenters. The molecule has 0 radical (unpaired) electrons. The van der Waals surface area contributed by atoms with Crippen LogP contribution < -0.4 is 10.6 Å². The fourth-order valence-electron chi connectivity index (χ4n) is 2.57. The normalized spacial score (nSPS) is 19.0. The molecule has 0 aromatic carbocycles. The minimum Gasteiger partial charge on any atom is -0.356 e. The third kappa shape index (κ3) is 2.66. The third-order valence-electron chi connectivity index (χ3n) is 4.12. The molecule has 1 aromatic rings. The van der Waals surface area contributed by atoms with Crippen LogP contribution in [0.5, 0.6) is 0 Å². The highest BCUT2D eigenvalue weighted by Gasteiger charge is 2.30. The minimum atomic E-state index is 0.598. The maximum atomic E-state index is 5.92. The first-order valence-corrected chi connectivity index (χ1v) is 7.17. The second kappa shape index (κ2) is 4.88. The molecule has 98 valence electrons. The Balaban J connectivity index is 1.84. The molecule has 0 atom stereocenters. The highest BCUT2D eigenvalue weighted by atomic mass is 15.2. The maximum absolute atomic E-state index is 5.92. The van der Waals surface area contributed by atoms with E-state index >= 15 is 0 Å². The second-order valence-corrected chi connectivity index (χ2v) is 5.93. The minimum absolute atomic E-state index is 0.598. The van der Waals surface area contributed by atoms with E-state index in [0.717, 1.165) is 17.7 Å². The first-order valence-electron chi connectivity index (χ1n) is 7.17. The lowest BCUT2D eigenvalue weighted by Gasteiger charge is -2.26. The molecule has 0 aliphatic heterocycles. The molecule has 0 amide bonds. The van der Waals surface area contributed by atoms with Crippen molar-refractivity contribution in [2.24, 2.45) is 17.6 Å². The van der Waals surface area contributed by atoms with Crippen LogP contribution >= 0.6 is 0 Å². The molecule has 0 saturated heterocycles. The Morgan fingerprint density at radius 3 is 2.33 bits per heavy atom. The van der Waals surface area contributed by atoms with Gasteiger partial charge in [-0.2, -0.15) is 0 Å². The van der Waals surface area contributed by atoms with Gasteiger partial charge in [0.25, 0.3) is 0 Å². The summed E-state index contributed by atoms with van der Waals surface area (Å²) in [5.41, 5.74) is 8.43. The van der Waals surface area contributed by atoms with Gasteiger partial charge in [0.15, 0.2) is 0 Å². The van der Waals surface area contributed by atoms with Crippen LogP contribution in [0.4, 0.5) is 5.82 Å². The summed E-state index contributed by atoms with van der Waals surface area (Å²) in [5.74, 6) is 2.95. The molecule has 3 heteroatoms. The Morgan fingerprint density at radius 1 is 1.22 bits per heavy atom. The Bertz CT molecular complexity index is 408. The average Bonchev–Trinajstić information content (AvgIpc) is 3.22. The molecule has 0 spiro atoms. The van der Waals surface area contributed by atoms with Crippen LogP contribution in [0.25, 0.3) is 0 Å². The zero-order chi connectivity index (χ0) is 12.5. The summed E-state index contributed by atoms with van der Waals surface area (Å²) in [6.45, 7) is 5.10. The first kappa shape index (κ1) is 12.0. The van der Waals surface area contributed by atoms with Gasteiger partial charge in [0.05, 0.1) is 0 Å². The Kier molecular flexibility index (Phi) is 3.25. The molecule has 18 heavy (non-hydrogen) atoms. The fourth-order valence-corrected chi connectivity index (χ4v) is 2.57. The van der Waals surface area contributed by atoms with Crippen LogP contribution in [0.2, 0.25) is 0 Å². The van der Waals surface area contributed by atoms with Crippen molar-refractivity contribution < 1.29 is 0 Å². The molecule has 1 aromatic heterocycles. The van der Waals surface area contributed by atoms with Gasteiger partial charge in [0.1, 0.15) is 5.82 Å². The molecular weight excluding hydrogens is 222 g/mol. The van der Waals surface area contributed by atoms with E-state index in [0.29, 0.717) is 6.54 Å². The molecule has 3 rings (SSSR count). The topological polar surface area (TPSA) is 42.2 Å². The number of rotatable bonds is 6. The lowest BCUT2D eigenvalue weighted by atomic mass is 10.1. The predicted octanol–water partition coefficient (Wildman–Crippen LogP) is 2.48. The number of anilines is 1. The van der Waals surface area contributed by atoms with Crippen LogP contribution in [0, 0.1) is 18.8 Å². The lowest BCUT2D eigenvalue weighted by Crippen LogP contribution is -2.30. The van der Waals surface area contributed by atoms with E-state index in [-0.39, 0.29) is 0 Å². The summed E-state index contributed by atoms with van der Waals surface area (Å²) in [6, 6.07) is 2.07. The van der Waals surface area contributed by atoms with E-state index in [1.165, 1.54) is 49.9 Å². The molecule has 2 fully saturated rings. The quantitative estimate of drug-likeness (QED) is 0.837. The van der Waals surface area contributed by atoms with Crippen molar-refractivity contribution in [2.75, 3.05) is 18.0 Å². The van der Waals surface area contributed by atoms with Gasteiger partial charge in [-0.15, -0.1) is 0 Å². The second-order valence-electron chi connectivity index (χ2n) is 5.93. The van der Waals surface area contributed by atoms with Crippen LogP contribution in [-0.2, 0) is 6.54 Å². The number of nitrogens with zero attached hydrogens (tertiary/aromatic N) is 2. The van der Waals surface area contributed by atoms with Gasteiger partial charge in [0, 0.05) is 31.4 Å². The van der Waals surface area contributed by atoms with Crippen molar-refractivity contribution in [3.63, 3.8) is 0 Å². The summed E-state index contributed by atoms with van der Waals surface area (Å²) in [6.07, 6.45) is 7.50. The lowest BCUT2D eigenvalue weighted by molar-refractivity contribution is 0.667. The van der Waals surface area contributed by atoms with Crippen LogP contribution in [-0.4, -0.2) is 18.1 Å². The summed E-state index contributed by atoms with van der Waals surface area (Å²) in [7, 11) is 0. The van der Waals surface area contributed by atoms with Gasteiger partial charge >= 0.3 is 0 Å². The average molecular weight is 245 g/mol. The van der Waals surface area contributed by atoms with E-state index in [4.69, 9.17) is 5.73 Å². The Hall–Kier alpha value is -1.09. The Labute approximate surface area is 109 Å². The summed E-state index contributed by atoms with van der Waals surface area (Å²) in [4.78, 5) is 7.12. The van der Waals surface area contributed by atoms with Crippen LogP contribution in [0.15, 0.2) is 12.3 Å². The zero-order valence-electron chi connectivity index (χ0n) is 11.2. The largest absolute Gasteiger partial charge is 0.356 e. The third-order valence-corrected chi connectivity index (χ3v) is 4.12. The molecular formula is C15H23N3. The van der Waals surface area contributed by atoms with Crippen molar-refractivity contribution >= 4 is 5.82 Å². The smallest absolute Gasteiger partial charge is 0.133 e. The molecule has 3 nitrogen and oxygen atoms in total. The number of nitrogens with two attached hydrogens (primary N) is 1. The highest BCUT2D eigenvalue weighted by Crippen LogP contribution is 2.36. The molecule has 2 saturated carbocycles. The standard InChI is InChI=1S/C15H23N3/c1-11-6-7-17-15(14(11)8-16)18(9-12-2-3-12)10-13-4-5-13/h6-7,12-13H,2-5,8-10,16H2,1H3. The van der Waals surface area contributed by atoms with Gasteiger partial charge in [0.2, 0.25) is 0 Å². The number of aromatic nitrogens is 1. The van der Waals surface area contributed by atoms with E-state index < -0.39 is 0 Å². The maximum Gasteiger partial charge on any atom is 0.133 e. The van der Waals surface area contributed by atoms with Crippen molar-refractivity contribution in [1.29, 1.82) is 0 Å². The van der Waals surface area contributed by atoms with E-state index in [9.17, 15) is 0 Å². The number of pyridine rings is 1. The van der Waals surface area contributed by atoms with Crippen LogP contribution in [0.3, 0.4) is 0 Å². The SMILES string of the molecule is Cc1ccnc(N(CC2CC2)CC2CC2)c1CN. The summed E-state index contributed by atoms with van der Waals surface area (Å²) in [5, 5.41) is 0. The first-order chi connectivity index (χ1) is 8.78. The number of hydrogen-bond acceptors (Lipinski definition) is 3. The van der Waals surface area contributed by atoms with Gasteiger partial charge in [-0.25, -0.2) is 4.98 Å². The van der Waals surface area contributed by atoms with Crippen molar-refractivity contribution in [3.8, 4) is 0 Å². The van der Waals surface area contributed by atoms with Gasteiger partial charge in [-0.05, 0) is 56.1 Å². The fraction of sp³-hybridized carbons (Fsp3) is 0.667. The van der Waals surface area contributed by atoms with Gasteiger partial charge < -0.3 is 10.6 Å². The van der Waals surface area contributed by atoms with Gasteiger partial charge in [-0.1, -0.05) is 0 Å². The molecule has 2 N–H and O–H groups in total. The molecule has 0 bridgehead atoms. The number of hydrogen-bond donors (Lipinski definition) is 1. The van der Waals surface area contributed by atoms with E-state index in [1.807, 2.05) is 6.20 Å². The summed E-state index contributed by atoms with van der Waals surface area (Å²) < 4.78 is 0.